The molecule has 1 heterocycles. The molecule has 3 nitrogen and oxygen atoms in total. The molecular formula is C12H17NO2. The summed E-state index contributed by atoms with van der Waals surface area (Å²) >= 11 is 0. The number of nitrogens with one attached hydrogen (secondary N) is 1. The zero-order valence-electron chi connectivity index (χ0n) is 9.03. The normalized spacial score (nSPS) is 20.5. The van der Waals surface area contributed by atoms with Crippen LogP contribution < -0.4 is 10.1 Å². The van der Waals surface area contributed by atoms with Gasteiger partial charge in [-0.25, -0.2) is 0 Å². The monoisotopic (exact) mass is 207 g/mol. The molecule has 82 valence electrons. The highest BCUT2D eigenvalue weighted by molar-refractivity contribution is 5.26. The number of methoxy groups -OCH3 is 1. The average Bonchev–Trinajstić information content (AvgIpc) is 2.80. The molecule has 0 bridgehead atoms. The van der Waals surface area contributed by atoms with Crippen LogP contribution in [0, 0.1) is 0 Å². The fraction of sp³-hybridized carbons (Fsp3) is 0.500. The molecule has 0 amide bonds. The second-order valence-electron chi connectivity index (χ2n) is 3.77. The molecule has 2 rings (SSSR count). The summed E-state index contributed by atoms with van der Waals surface area (Å²) in [6, 6.07) is 8.01. The van der Waals surface area contributed by atoms with Gasteiger partial charge in [0.15, 0.2) is 0 Å². The van der Waals surface area contributed by atoms with Crippen molar-refractivity contribution >= 4 is 0 Å². The van der Waals surface area contributed by atoms with E-state index in [0.717, 1.165) is 25.3 Å². The van der Waals surface area contributed by atoms with Gasteiger partial charge in [-0.1, -0.05) is 12.1 Å². The van der Waals surface area contributed by atoms with Crippen LogP contribution in [-0.2, 0) is 11.3 Å². The van der Waals surface area contributed by atoms with Crippen LogP contribution >= 0.6 is 0 Å². The highest BCUT2D eigenvalue weighted by Crippen LogP contribution is 2.13. The molecule has 1 aromatic carbocycles. The summed E-state index contributed by atoms with van der Waals surface area (Å²) < 4.78 is 10.9. The maximum Gasteiger partial charge on any atom is 0.118 e. The second kappa shape index (κ2) is 5.14. The number of hydrogen-bond donors (Lipinski definition) is 1. The van der Waals surface area contributed by atoms with Crippen molar-refractivity contribution in [1.29, 1.82) is 0 Å². The Morgan fingerprint density at radius 3 is 2.73 bits per heavy atom. The maximum atomic E-state index is 5.76. The van der Waals surface area contributed by atoms with Crippen molar-refractivity contribution in [3.8, 4) is 5.75 Å². The molecule has 1 saturated heterocycles. The van der Waals surface area contributed by atoms with Crippen LogP contribution in [0.4, 0.5) is 0 Å². The fourth-order valence-electron chi connectivity index (χ4n) is 1.71. The van der Waals surface area contributed by atoms with Gasteiger partial charge in [-0.2, -0.15) is 0 Å². The highest BCUT2D eigenvalue weighted by atomic mass is 16.5. The smallest absolute Gasteiger partial charge is 0.118 e. The summed E-state index contributed by atoms with van der Waals surface area (Å²) in [7, 11) is 1.68. The molecule has 0 aromatic heterocycles. The van der Waals surface area contributed by atoms with Crippen molar-refractivity contribution in [1.82, 2.24) is 5.32 Å². The lowest BCUT2D eigenvalue weighted by atomic mass is 10.2. The molecule has 3 heteroatoms. The second-order valence-corrected chi connectivity index (χ2v) is 3.77. The van der Waals surface area contributed by atoms with E-state index in [4.69, 9.17) is 9.47 Å². The minimum Gasteiger partial charge on any atom is -0.497 e. The van der Waals surface area contributed by atoms with Crippen molar-refractivity contribution in [3.05, 3.63) is 29.8 Å². The molecule has 1 aromatic rings. The Hall–Kier alpha value is -1.06. The Morgan fingerprint density at radius 2 is 2.13 bits per heavy atom. The summed E-state index contributed by atoms with van der Waals surface area (Å²) in [6.07, 6.45) is 1.50. The van der Waals surface area contributed by atoms with Crippen molar-refractivity contribution in [2.75, 3.05) is 20.2 Å². The number of benzene rings is 1. The van der Waals surface area contributed by atoms with Crippen LogP contribution in [0.3, 0.4) is 0 Å². The molecule has 1 aliphatic heterocycles. The predicted octanol–water partition coefficient (Wildman–Crippen LogP) is 1.57. The molecule has 0 radical (unpaired) electrons. The third-order valence-corrected chi connectivity index (χ3v) is 2.66. The largest absolute Gasteiger partial charge is 0.497 e. The molecule has 0 unspecified atom stereocenters. The topological polar surface area (TPSA) is 30.5 Å². The lowest BCUT2D eigenvalue weighted by Crippen LogP contribution is -2.16. The minimum absolute atomic E-state index is 0.382. The van der Waals surface area contributed by atoms with Gasteiger partial charge in [0, 0.05) is 6.54 Å². The zero-order chi connectivity index (χ0) is 10.5. The summed E-state index contributed by atoms with van der Waals surface area (Å²) in [5.74, 6) is 0.890. The van der Waals surface area contributed by atoms with Gasteiger partial charge in [0.05, 0.1) is 19.8 Å². The molecule has 15 heavy (non-hydrogen) atoms. The maximum absolute atomic E-state index is 5.76. The van der Waals surface area contributed by atoms with E-state index in [9.17, 15) is 0 Å². The molecule has 0 spiro atoms. The molecule has 1 N–H and O–H groups in total. The van der Waals surface area contributed by atoms with Gasteiger partial charge in [0.25, 0.3) is 0 Å². The van der Waals surface area contributed by atoms with Gasteiger partial charge in [-0.3, -0.25) is 0 Å². The number of ether oxygens (including phenoxy) is 2. The van der Waals surface area contributed by atoms with Gasteiger partial charge >= 0.3 is 0 Å². The Morgan fingerprint density at radius 1 is 1.33 bits per heavy atom. The van der Waals surface area contributed by atoms with Crippen molar-refractivity contribution in [3.63, 3.8) is 0 Å². The summed E-state index contributed by atoms with van der Waals surface area (Å²) in [5.41, 5.74) is 1.20. The van der Waals surface area contributed by atoms with Gasteiger partial charge < -0.3 is 14.8 Å². The first-order chi connectivity index (χ1) is 7.38. The Balaban J connectivity index is 1.82. The first-order valence-electron chi connectivity index (χ1n) is 5.34. The first-order valence-corrected chi connectivity index (χ1v) is 5.34. The van der Waals surface area contributed by atoms with Crippen molar-refractivity contribution in [2.45, 2.75) is 19.1 Å². The SMILES string of the molecule is COc1ccc(CO[C@H]2CCNC2)cc1. The molecular weight excluding hydrogens is 190 g/mol. The highest BCUT2D eigenvalue weighted by Gasteiger charge is 2.14. The zero-order valence-corrected chi connectivity index (χ0v) is 9.03. The van der Waals surface area contributed by atoms with E-state index in [-0.39, 0.29) is 0 Å². The number of rotatable bonds is 4. The first kappa shape index (κ1) is 10.5. The van der Waals surface area contributed by atoms with Crippen LogP contribution in [0.15, 0.2) is 24.3 Å². The van der Waals surface area contributed by atoms with E-state index in [0.29, 0.717) is 12.7 Å². The van der Waals surface area contributed by atoms with Crippen LogP contribution in [0.25, 0.3) is 0 Å². The average molecular weight is 207 g/mol. The molecule has 0 aliphatic carbocycles. The molecule has 1 atom stereocenters. The van der Waals surface area contributed by atoms with Crippen LogP contribution in [0.5, 0.6) is 5.75 Å². The van der Waals surface area contributed by atoms with Gasteiger partial charge in [-0.05, 0) is 30.7 Å². The van der Waals surface area contributed by atoms with Crippen molar-refractivity contribution in [2.24, 2.45) is 0 Å². The summed E-state index contributed by atoms with van der Waals surface area (Å²) in [4.78, 5) is 0. The number of hydrogen-bond acceptors (Lipinski definition) is 3. The Bertz CT molecular complexity index is 291. The van der Waals surface area contributed by atoms with Crippen LogP contribution in [0.2, 0.25) is 0 Å². The van der Waals surface area contributed by atoms with Gasteiger partial charge in [0.2, 0.25) is 0 Å². The quantitative estimate of drug-likeness (QED) is 0.813. The van der Waals surface area contributed by atoms with Crippen LogP contribution in [-0.4, -0.2) is 26.3 Å². The van der Waals surface area contributed by atoms with E-state index in [1.54, 1.807) is 7.11 Å². The van der Waals surface area contributed by atoms with Crippen molar-refractivity contribution < 1.29 is 9.47 Å². The van der Waals surface area contributed by atoms with Gasteiger partial charge in [0.1, 0.15) is 5.75 Å². The summed E-state index contributed by atoms with van der Waals surface area (Å²) in [6.45, 7) is 2.75. The molecule has 1 fully saturated rings. The van der Waals surface area contributed by atoms with Crippen LogP contribution in [0.1, 0.15) is 12.0 Å². The van der Waals surface area contributed by atoms with E-state index in [1.165, 1.54) is 5.56 Å². The van der Waals surface area contributed by atoms with E-state index in [2.05, 4.69) is 5.32 Å². The van der Waals surface area contributed by atoms with E-state index < -0.39 is 0 Å². The fourth-order valence-corrected chi connectivity index (χ4v) is 1.71. The molecule has 1 aliphatic rings. The van der Waals surface area contributed by atoms with E-state index in [1.807, 2.05) is 24.3 Å². The van der Waals surface area contributed by atoms with E-state index >= 15 is 0 Å². The Labute approximate surface area is 90.4 Å². The standard InChI is InChI=1S/C12H17NO2/c1-14-11-4-2-10(3-5-11)9-15-12-6-7-13-8-12/h2-5,12-13H,6-9H2,1H3/t12-/m0/s1. The summed E-state index contributed by atoms with van der Waals surface area (Å²) in [5, 5.41) is 3.28. The third kappa shape index (κ3) is 2.94. The van der Waals surface area contributed by atoms with Gasteiger partial charge in [-0.15, -0.1) is 0 Å². The lowest BCUT2D eigenvalue weighted by molar-refractivity contribution is 0.0542. The predicted molar refractivity (Wildman–Crippen MR) is 59.1 cm³/mol. The third-order valence-electron chi connectivity index (χ3n) is 2.66. The minimum atomic E-state index is 0.382. The Kier molecular flexibility index (Phi) is 3.59. The lowest BCUT2D eigenvalue weighted by Gasteiger charge is -2.10. The molecule has 0 saturated carbocycles.